The molecule has 18 heavy (non-hydrogen) atoms. The van der Waals surface area contributed by atoms with E-state index in [2.05, 4.69) is 10.3 Å². The van der Waals surface area contributed by atoms with E-state index in [-0.39, 0.29) is 5.82 Å². The van der Waals surface area contributed by atoms with Gasteiger partial charge < -0.3 is 5.32 Å². The number of hydrogen-bond donors (Lipinski definition) is 1. The van der Waals surface area contributed by atoms with Gasteiger partial charge in [-0.1, -0.05) is 11.6 Å². The standard InChI is InChI=1S/C13H14ClFN2S/c1-9-8-18-13(17-9)2-3-16-7-10-4-11(14)6-12(15)5-10/h4-6,8,16H,2-3,7H2,1H3. The number of aromatic nitrogens is 1. The monoisotopic (exact) mass is 284 g/mol. The SMILES string of the molecule is Cc1csc(CCNCc2cc(F)cc(Cl)c2)n1. The molecular weight excluding hydrogens is 271 g/mol. The zero-order valence-corrected chi connectivity index (χ0v) is 11.6. The third-order valence-corrected chi connectivity index (χ3v) is 3.68. The Kier molecular flexibility index (Phi) is 4.69. The number of rotatable bonds is 5. The zero-order valence-electron chi connectivity index (χ0n) is 10.0. The minimum atomic E-state index is -0.296. The van der Waals surface area contributed by atoms with Crippen LogP contribution >= 0.6 is 22.9 Å². The minimum absolute atomic E-state index is 0.296. The van der Waals surface area contributed by atoms with Crippen molar-refractivity contribution in [3.8, 4) is 0 Å². The Bertz CT molecular complexity index is 507. The highest BCUT2D eigenvalue weighted by Gasteiger charge is 2.01. The Morgan fingerprint density at radius 2 is 2.22 bits per heavy atom. The Labute approximate surface area is 115 Å². The number of nitrogens with one attached hydrogen (secondary N) is 1. The Morgan fingerprint density at radius 3 is 2.89 bits per heavy atom. The lowest BCUT2D eigenvalue weighted by Gasteiger charge is -2.04. The van der Waals surface area contributed by atoms with Crippen LogP contribution in [-0.4, -0.2) is 11.5 Å². The van der Waals surface area contributed by atoms with E-state index in [9.17, 15) is 4.39 Å². The third-order valence-electron chi connectivity index (χ3n) is 2.43. The highest BCUT2D eigenvalue weighted by atomic mass is 35.5. The first-order chi connectivity index (χ1) is 8.63. The highest BCUT2D eigenvalue weighted by Crippen LogP contribution is 2.14. The van der Waals surface area contributed by atoms with Gasteiger partial charge >= 0.3 is 0 Å². The Balaban J connectivity index is 1.78. The fourth-order valence-corrected chi connectivity index (χ4v) is 2.68. The molecule has 0 aliphatic carbocycles. The van der Waals surface area contributed by atoms with Gasteiger partial charge in [0, 0.05) is 35.6 Å². The van der Waals surface area contributed by atoms with Crippen molar-refractivity contribution in [2.24, 2.45) is 0 Å². The molecule has 1 heterocycles. The largest absolute Gasteiger partial charge is 0.312 e. The average Bonchev–Trinajstić information content (AvgIpc) is 2.69. The molecule has 0 aliphatic rings. The summed E-state index contributed by atoms with van der Waals surface area (Å²) in [5.41, 5.74) is 1.92. The minimum Gasteiger partial charge on any atom is -0.312 e. The second kappa shape index (κ2) is 6.27. The van der Waals surface area contributed by atoms with Gasteiger partial charge in [-0.2, -0.15) is 0 Å². The van der Waals surface area contributed by atoms with E-state index < -0.39 is 0 Å². The van der Waals surface area contributed by atoms with Gasteiger partial charge in [-0.25, -0.2) is 9.37 Å². The van der Waals surface area contributed by atoms with Crippen LogP contribution in [0.4, 0.5) is 4.39 Å². The second-order valence-corrected chi connectivity index (χ2v) is 5.47. The van der Waals surface area contributed by atoms with Crippen molar-refractivity contribution in [2.45, 2.75) is 19.9 Å². The van der Waals surface area contributed by atoms with Gasteiger partial charge in [0.05, 0.1) is 5.01 Å². The van der Waals surface area contributed by atoms with Gasteiger partial charge in [0.25, 0.3) is 0 Å². The van der Waals surface area contributed by atoms with Crippen molar-refractivity contribution >= 4 is 22.9 Å². The van der Waals surface area contributed by atoms with E-state index in [0.717, 1.165) is 29.2 Å². The van der Waals surface area contributed by atoms with E-state index in [1.807, 2.05) is 12.3 Å². The van der Waals surface area contributed by atoms with Crippen molar-refractivity contribution in [1.82, 2.24) is 10.3 Å². The molecule has 0 saturated heterocycles. The normalized spacial score (nSPS) is 10.8. The van der Waals surface area contributed by atoms with Gasteiger partial charge in [0.15, 0.2) is 0 Å². The molecule has 96 valence electrons. The van der Waals surface area contributed by atoms with E-state index in [1.54, 1.807) is 17.4 Å². The smallest absolute Gasteiger partial charge is 0.125 e. The number of thiazole rings is 1. The van der Waals surface area contributed by atoms with E-state index in [0.29, 0.717) is 11.6 Å². The van der Waals surface area contributed by atoms with Crippen LogP contribution in [0.5, 0.6) is 0 Å². The van der Waals surface area contributed by atoms with Gasteiger partial charge in [0.2, 0.25) is 0 Å². The van der Waals surface area contributed by atoms with Gasteiger partial charge in [-0.05, 0) is 30.7 Å². The highest BCUT2D eigenvalue weighted by molar-refractivity contribution is 7.09. The summed E-state index contributed by atoms with van der Waals surface area (Å²) in [7, 11) is 0. The molecule has 1 aromatic heterocycles. The molecule has 1 N–H and O–H groups in total. The summed E-state index contributed by atoms with van der Waals surface area (Å²) in [6, 6.07) is 4.57. The lowest BCUT2D eigenvalue weighted by Crippen LogP contribution is -2.16. The molecule has 0 atom stereocenters. The van der Waals surface area contributed by atoms with Gasteiger partial charge in [0.1, 0.15) is 5.82 Å². The lowest BCUT2D eigenvalue weighted by atomic mass is 10.2. The number of benzene rings is 1. The molecule has 0 aliphatic heterocycles. The maximum Gasteiger partial charge on any atom is 0.125 e. The van der Waals surface area contributed by atoms with Crippen LogP contribution in [0, 0.1) is 12.7 Å². The maximum absolute atomic E-state index is 13.1. The molecule has 1 aromatic carbocycles. The van der Waals surface area contributed by atoms with Crippen molar-refractivity contribution in [1.29, 1.82) is 0 Å². The molecule has 0 fully saturated rings. The third kappa shape index (κ3) is 4.05. The summed E-state index contributed by atoms with van der Waals surface area (Å²) in [5.74, 6) is -0.296. The molecule has 0 unspecified atom stereocenters. The molecule has 0 bridgehead atoms. The molecule has 2 aromatic rings. The number of nitrogens with zero attached hydrogens (tertiary/aromatic N) is 1. The molecule has 0 spiro atoms. The number of aryl methyl sites for hydroxylation is 1. The van der Waals surface area contributed by atoms with E-state index >= 15 is 0 Å². The topological polar surface area (TPSA) is 24.9 Å². The predicted octanol–water partition coefficient (Wildman–Crippen LogP) is 3.58. The first kappa shape index (κ1) is 13.5. The van der Waals surface area contributed by atoms with Crippen LogP contribution in [0.25, 0.3) is 0 Å². The number of hydrogen-bond acceptors (Lipinski definition) is 3. The van der Waals surface area contributed by atoms with E-state index in [4.69, 9.17) is 11.6 Å². The fraction of sp³-hybridized carbons (Fsp3) is 0.308. The first-order valence-electron chi connectivity index (χ1n) is 5.70. The van der Waals surface area contributed by atoms with Crippen LogP contribution in [0.15, 0.2) is 23.6 Å². The molecule has 0 saturated carbocycles. The van der Waals surface area contributed by atoms with Gasteiger partial charge in [-0.15, -0.1) is 11.3 Å². The second-order valence-electron chi connectivity index (χ2n) is 4.09. The first-order valence-corrected chi connectivity index (χ1v) is 6.96. The van der Waals surface area contributed by atoms with Gasteiger partial charge in [-0.3, -0.25) is 0 Å². The summed E-state index contributed by atoms with van der Waals surface area (Å²) in [6.07, 6.45) is 0.890. The zero-order chi connectivity index (χ0) is 13.0. The van der Waals surface area contributed by atoms with Crippen LogP contribution in [0.3, 0.4) is 0 Å². The summed E-state index contributed by atoms with van der Waals surface area (Å²) in [6.45, 7) is 3.42. The summed E-state index contributed by atoms with van der Waals surface area (Å²) < 4.78 is 13.1. The summed E-state index contributed by atoms with van der Waals surface area (Å²) >= 11 is 7.45. The quantitative estimate of drug-likeness (QED) is 0.849. The molecule has 0 radical (unpaired) electrons. The van der Waals surface area contributed by atoms with Crippen LogP contribution in [0.1, 0.15) is 16.3 Å². The molecule has 5 heteroatoms. The van der Waals surface area contributed by atoms with Crippen molar-refractivity contribution in [3.63, 3.8) is 0 Å². The molecule has 0 amide bonds. The van der Waals surface area contributed by atoms with Crippen molar-refractivity contribution in [3.05, 3.63) is 50.7 Å². The van der Waals surface area contributed by atoms with Crippen LogP contribution < -0.4 is 5.32 Å². The average molecular weight is 285 g/mol. The summed E-state index contributed by atoms with van der Waals surface area (Å²) in [4.78, 5) is 4.38. The Morgan fingerprint density at radius 1 is 1.39 bits per heavy atom. The molecule has 2 rings (SSSR count). The van der Waals surface area contributed by atoms with Crippen LogP contribution in [-0.2, 0) is 13.0 Å². The van der Waals surface area contributed by atoms with Crippen LogP contribution in [0.2, 0.25) is 5.02 Å². The fourth-order valence-electron chi connectivity index (χ4n) is 1.66. The molecular formula is C13H14ClFN2S. The Hall–Kier alpha value is -0.970. The predicted molar refractivity (Wildman–Crippen MR) is 73.7 cm³/mol. The number of halogens is 2. The van der Waals surface area contributed by atoms with Crippen molar-refractivity contribution < 1.29 is 4.39 Å². The van der Waals surface area contributed by atoms with Crippen molar-refractivity contribution in [2.75, 3.05) is 6.54 Å². The maximum atomic E-state index is 13.1. The lowest BCUT2D eigenvalue weighted by molar-refractivity contribution is 0.620. The van der Waals surface area contributed by atoms with E-state index in [1.165, 1.54) is 12.1 Å². The summed E-state index contributed by atoms with van der Waals surface area (Å²) in [5, 5.41) is 6.85. The molecule has 2 nitrogen and oxygen atoms in total.